The maximum Gasteiger partial charge on any atom is 0.359 e. The molecule has 0 saturated carbocycles. The Labute approximate surface area is 246 Å². The topological polar surface area (TPSA) is 55.7 Å². The molecule has 0 amide bonds. The van der Waals surface area contributed by atoms with Crippen LogP contribution in [0.5, 0.6) is 0 Å². The standard InChI is InChI=1S/C36H43NO3S/c1-9-26(8)27-14-17-29(18-15-27)35(31-19-16-28-12-10-11-13-30(28)20-31)37-40-41(38,39)36-33(24(4)5)21-32(23(2)3)22-34(36)25(6)7/h10-26H,9H2,1-8H3/b37-35+. The molecule has 1 unspecified atom stereocenters. The van der Waals surface area contributed by atoms with Gasteiger partial charge in [0.05, 0.1) is 0 Å². The summed E-state index contributed by atoms with van der Waals surface area (Å²) in [4.78, 5) is 0.237. The number of oxime groups is 1. The molecule has 0 aromatic heterocycles. The van der Waals surface area contributed by atoms with Gasteiger partial charge in [-0.2, -0.15) is 8.42 Å². The van der Waals surface area contributed by atoms with Crippen LogP contribution in [-0.2, 0) is 14.4 Å². The van der Waals surface area contributed by atoms with Gasteiger partial charge in [0.1, 0.15) is 10.6 Å². The fourth-order valence-electron chi connectivity index (χ4n) is 5.12. The zero-order valence-corrected chi connectivity index (χ0v) is 26.4. The highest BCUT2D eigenvalue weighted by molar-refractivity contribution is 7.86. The molecular weight excluding hydrogens is 526 g/mol. The van der Waals surface area contributed by atoms with Crippen molar-refractivity contribution < 1.29 is 12.7 Å². The molecule has 0 heterocycles. The molecule has 0 saturated heterocycles. The highest BCUT2D eigenvalue weighted by Gasteiger charge is 2.29. The lowest BCUT2D eigenvalue weighted by Crippen LogP contribution is -2.15. The average molecular weight is 570 g/mol. The first-order valence-electron chi connectivity index (χ1n) is 14.7. The third-order valence-corrected chi connectivity index (χ3v) is 9.19. The lowest BCUT2D eigenvalue weighted by atomic mass is 9.89. The average Bonchev–Trinajstić information content (AvgIpc) is 2.96. The van der Waals surface area contributed by atoms with Crippen molar-refractivity contribution in [2.75, 3.05) is 0 Å². The van der Waals surface area contributed by atoms with E-state index in [1.54, 1.807) is 0 Å². The van der Waals surface area contributed by atoms with Crippen LogP contribution >= 0.6 is 0 Å². The van der Waals surface area contributed by atoms with Gasteiger partial charge in [-0.05, 0) is 69.2 Å². The fourth-order valence-corrected chi connectivity index (χ4v) is 6.53. The zero-order chi connectivity index (χ0) is 29.9. The summed E-state index contributed by atoms with van der Waals surface area (Å²) in [5.74, 6) is 0.700. The summed E-state index contributed by atoms with van der Waals surface area (Å²) in [5.41, 5.74) is 5.95. The lowest BCUT2D eigenvalue weighted by Gasteiger charge is -2.21. The van der Waals surface area contributed by atoms with Crippen molar-refractivity contribution in [2.45, 2.75) is 90.4 Å². The van der Waals surface area contributed by atoms with Gasteiger partial charge in [0, 0.05) is 11.1 Å². The van der Waals surface area contributed by atoms with E-state index in [1.165, 1.54) is 5.56 Å². The van der Waals surface area contributed by atoms with Gasteiger partial charge in [-0.25, -0.2) is 0 Å². The smallest absolute Gasteiger partial charge is 0.264 e. The monoisotopic (exact) mass is 569 g/mol. The molecule has 216 valence electrons. The summed E-state index contributed by atoms with van der Waals surface area (Å²) in [6.45, 7) is 16.7. The van der Waals surface area contributed by atoms with E-state index < -0.39 is 10.1 Å². The number of rotatable bonds is 10. The Balaban J connectivity index is 1.87. The molecule has 0 aliphatic carbocycles. The second-order valence-corrected chi connectivity index (χ2v) is 13.4. The summed E-state index contributed by atoms with van der Waals surface area (Å²) in [7, 11) is -4.22. The summed E-state index contributed by atoms with van der Waals surface area (Å²) >= 11 is 0. The van der Waals surface area contributed by atoms with Gasteiger partial charge < -0.3 is 0 Å². The zero-order valence-electron chi connectivity index (χ0n) is 25.6. The Morgan fingerprint density at radius 3 is 1.78 bits per heavy atom. The first-order chi connectivity index (χ1) is 19.4. The molecule has 0 fully saturated rings. The number of hydrogen-bond acceptors (Lipinski definition) is 4. The van der Waals surface area contributed by atoms with Crippen LogP contribution in [0.15, 0.2) is 88.9 Å². The van der Waals surface area contributed by atoms with Crippen LogP contribution in [0.25, 0.3) is 10.8 Å². The SMILES string of the molecule is CCC(C)c1ccc(/C(=N\OS(=O)(=O)c2c(C(C)C)cc(C(C)C)cc2C(C)C)c2ccc3ccccc3c2)cc1. The number of fused-ring (bicyclic) bond motifs is 1. The normalized spacial score (nSPS) is 13.4. The van der Waals surface area contributed by atoms with E-state index in [-0.39, 0.29) is 22.6 Å². The van der Waals surface area contributed by atoms with Gasteiger partial charge in [0.15, 0.2) is 0 Å². The molecule has 0 radical (unpaired) electrons. The van der Waals surface area contributed by atoms with Crippen LogP contribution in [-0.4, -0.2) is 14.1 Å². The molecule has 5 heteroatoms. The third-order valence-electron chi connectivity index (χ3n) is 7.94. The Morgan fingerprint density at radius 1 is 0.683 bits per heavy atom. The highest BCUT2D eigenvalue weighted by Crippen LogP contribution is 2.36. The number of hydrogen-bond donors (Lipinski definition) is 0. The van der Waals surface area contributed by atoms with Crippen molar-refractivity contribution in [1.29, 1.82) is 0 Å². The minimum atomic E-state index is -4.22. The summed E-state index contributed by atoms with van der Waals surface area (Å²) in [6, 6.07) is 26.3. The van der Waals surface area contributed by atoms with Gasteiger partial charge in [0.2, 0.25) is 0 Å². The van der Waals surface area contributed by atoms with Gasteiger partial charge in [-0.3, -0.25) is 4.28 Å². The fraction of sp³-hybridized carbons (Fsp3) is 0.361. The largest absolute Gasteiger partial charge is 0.359 e. The summed E-state index contributed by atoms with van der Waals surface area (Å²) in [6.07, 6.45) is 1.04. The van der Waals surface area contributed by atoms with Gasteiger partial charge in [-0.15, -0.1) is 0 Å². The second-order valence-electron chi connectivity index (χ2n) is 12.0. The van der Waals surface area contributed by atoms with Crippen molar-refractivity contribution >= 4 is 26.6 Å². The Kier molecular flexibility index (Phi) is 9.38. The van der Waals surface area contributed by atoms with Crippen molar-refractivity contribution in [3.8, 4) is 0 Å². The molecule has 0 spiro atoms. The predicted octanol–water partition coefficient (Wildman–Crippen LogP) is 9.88. The van der Waals surface area contributed by atoms with Gasteiger partial charge >= 0.3 is 10.1 Å². The highest BCUT2D eigenvalue weighted by atomic mass is 32.2. The van der Waals surface area contributed by atoms with Crippen molar-refractivity contribution in [2.24, 2.45) is 5.16 Å². The third kappa shape index (κ3) is 6.73. The van der Waals surface area contributed by atoms with Crippen LogP contribution in [0.2, 0.25) is 0 Å². The van der Waals surface area contributed by atoms with Crippen molar-refractivity contribution in [1.82, 2.24) is 0 Å². The van der Waals surface area contributed by atoms with E-state index >= 15 is 0 Å². The predicted molar refractivity (Wildman–Crippen MR) is 172 cm³/mol. The van der Waals surface area contributed by atoms with E-state index in [2.05, 4.69) is 51.0 Å². The van der Waals surface area contributed by atoms with E-state index in [0.29, 0.717) is 11.6 Å². The maximum atomic E-state index is 14.0. The molecular formula is C36H43NO3S. The van der Waals surface area contributed by atoms with Crippen LogP contribution in [0.4, 0.5) is 0 Å². The Bertz CT molecular complexity index is 1620. The van der Waals surface area contributed by atoms with Crippen LogP contribution in [0.3, 0.4) is 0 Å². The minimum absolute atomic E-state index is 0.00314. The molecule has 4 nitrogen and oxygen atoms in total. The first-order valence-corrected chi connectivity index (χ1v) is 16.1. The number of nitrogens with zero attached hydrogens (tertiary/aromatic N) is 1. The summed E-state index contributed by atoms with van der Waals surface area (Å²) in [5, 5.41) is 6.55. The van der Waals surface area contributed by atoms with Crippen LogP contribution < -0.4 is 0 Å². The second kappa shape index (κ2) is 12.6. The van der Waals surface area contributed by atoms with Crippen molar-refractivity contribution in [3.05, 3.63) is 112 Å². The molecule has 41 heavy (non-hydrogen) atoms. The summed E-state index contributed by atoms with van der Waals surface area (Å²) < 4.78 is 33.6. The first kappa shape index (κ1) is 30.5. The van der Waals surface area contributed by atoms with Crippen LogP contribution in [0, 0.1) is 0 Å². The van der Waals surface area contributed by atoms with Gasteiger partial charge in [-0.1, -0.05) is 133 Å². The number of benzene rings is 4. The molecule has 0 aliphatic rings. The maximum absolute atomic E-state index is 14.0. The molecule has 4 aromatic rings. The molecule has 0 aliphatic heterocycles. The van der Waals surface area contributed by atoms with E-state index in [0.717, 1.165) is 45.0 Å². The molecule has 4 aromatic carbocycles. The molecule has 4 rings (SSSR count). The van der Waals surface area contributed by atoms with Gasteiger partial charge in [0.25, 0.3) is 0 Å². The molecule has 0 N–H and O–H groups in total. The van der Waals surface area contributed by atoms with Crippen LogP contribution in [0.1, 0.15) is 119 Å². The van der Waals surface area contributed by atoms with E-state index in [9.17, 15) is 8.42 Å². The van der Waals surface area contributed by atoms with Crippen molar-refractivity contribution in [3.63, 3.8) is 0 Å². The van der Waals surface area contributed by atoms with E-state index in [1.807, 2.05) is 88.4 Å². The lowest BCUT2D eigenvalue weighted by molar-refractivity contribution is 0.338. The molecule has 0 bridgehead atoms. The van der Waals surface area contributed by atoms with E-state index in [4.69, 9.17) is 4.28 Å². The molecule has 1 atom stereocenters. The Morgan fingerprint density at radius 2 is 1.24 bits per heavy atom. The quantitative estimate of drug-likeness (QED) is 0.141. The Hall–Kier alpha value is -3.44. The minimum Gasteiger partial charge on any atom is -0.264 e.